The Hall–Kier alpha value is -3.26. The number of aryl methyl sites for hydroxylation is 1. The Morgan fingerprint density at radius 2 is 1.44 bits per heavy atom. The Morgan fingerprint density at radius 1 is 0.844 bits per heavy atom. The second-order valence-corrected chi connectivity index (χ2v) is 7.87. The molecule has 6 nitrogen and oxygen atoms in total. The predicted octanol–water partition coefficient (Wildman–Crippen LogP) is 4.34. The Balaban J connectivity index is 0.000000390. The molecule has 2 aromatic carbocycles. The van der Waals surface area contributed by atoms with Gasteiger partial charge < -0.3 is 20.6 Å². The van der Waals surface area contributed by atoms with E-state index in [4.69, 9.17) is 10.2 Å². The zero-order chi connectivity index (χ0) is 23.2. The molecule has 0 amide bonds. The van der Waals surface area contributed by atoms with Crippen molar-refractivity contribution in [3.8, 4) is 11.1 Å². The highest BCUT2D eigenvalue weighted by atomic mass is 32.1. The van der Waals surface area contributed by atoms with Crippen LogP contribution in [0.1, 0.15) is 22.4 Å². The molecule has 1 heterocycles. The molecule has 0 aliphatic carbocycles. The fraction of sp³-hybridized carbons (Fsp3) is 0.200. The van der Waals surface area contributed by atoms with E-state index >= 15 is 0 Å². The third kappa shape index (κ3) is 8.85. The van der Waals surface area contributed by atoms with E-state index in [0.29, 0.717) is 12.2 Å². The van der Waals surface area contributed by atoms with Crippen LogP contribution in [-0.2, 0) is 29.2 Å². The molecule has 1 aromatic heterocycles. The lowest BCUT2D eigenvalue weighted by molar-refractivity contribution is -0.134. The molecule has 0 saturated carbocycles. The van der Waals surface area contributed by atoms with Crippen LogP contribution in [0.3, 0.4) is 0 Å². The lowest BCUT2D eigenvalue weighted by Gasteiger charge is -2.13. The van der Waals surface area contributed by atoms with E-state index in [1.165, 1.54) is 16.0 Å². The lowest BCUT2D eigenvalue weighted by Crippen LogP contribution is -2.14. The van der Waals surface area contributed by atoms with Gasteiger partial charge in [0.05, 0.1) is 6.61 Å². The lowest BCUT2D eigenvalue weighted by atomic mass is 9.93. The molecule has 32 heavy (non-hydrogen) atoms. The molecule has 0 aliphatic heterocycles. The van der Waals surface area contributed by atoms with E-state index in [2.05, 4.69) is 53.2 Å². The number of carboxylic acids is 2. The standard InChI is InChI=1S/C21H23NOS.C4H4O4/c23-16-18-8-2-4-12-21(18)20-11-3-1-7-17(20)9-5-13-22-15-19-10-6-14-24-19;5-3(6)1-2-4(7)8/h1-4,6-8,10-12,14,22-23H,5,9,13,15-16H2;1-2H,(H,5,6)(H,7,8)/b;2-1+. The molecule has 7 heteroatoms. The summed E-state index contributed by atoms with van der Waals surface area (Å²) in [4.78, 5) is 20.5. The van der Waals surface area contributed by atoms with Gasteiger partial charge in [0, 0.05) is 23.6 Å². The normalized spacial score (nSPS) is 10.5. The van der Waals surface area contributed by atoms with E-state index < -0.39 is 11.9 Å². The molecule has 0 aliphatic rings. The van der Waals surface area contributed by atoms with Crippen molar-refractivity contribution in [2.45, 2.75) is 26.0 Å². The number of thiophene rings is 1. The number of hydrogen-bond acceptors (Lipinski definition) is 5. The summed E-state index contributed by atoms with van der Waals surface area (Å²) in [6.07, 6.45) is 3.25. The first-order chi connectivity index (χ1) is 15.5. The highest BCUT2D eigenvalue weighted by Gasteiger charge is 2.08. The van der Waals surface area contributed by atoms with E-state index in [0.717, 1.165) is 37.1 Å². The highest BCUT2D eigenvalue weighted by molar-refractivity contribution is 7.09. The third-order valence-corrected chi connectivity index (χ3v) is 5.42. The summed E-state index contributed by atoms with van der Waals surface area (Å²) in [6, 6.07) is 20.9. The monoisotopic (exact) mass is 453 g/mol. The van der Waals surface area contributed by atoms with Gasteiger partial charge >= 0.3 is 11.9 Å². The molecule has 4 N–H and O–H groups in total. The molecule has 0 bridgehead atoms. The number of carboxylic acid groups (broad SMARTS) is 2. The number of rotatable bonds is 10. The van der Waals surface area contributed by atoms with Crippen LogP contribution in [0.15, 0.2) is 78.2 Å². The number of carbonyl (C=O) groups is 2. The second-order valence-electron chi connectivity index (χ2n) is 6.84. The van der Waals surface area contributed by atoms with Gasteiger partial charge in [0.25, 0.3) is 0 Å². The quantitative estimate of drug-likeness (QED) is 0.269. The summed E-state index contributed by atoms with van der Waals surface area (Å²) < 4.78 is 0. The fourth-order valence-corrected chi connectivity index (χ4v) is 3.77. The molecule has 0 fully saturated rings. The summed E-state index contributed by atoms with van der Waals surface area (Å²) in [5.41, 5.74) is 4.71. The largest absolute Gasteiger partial charge is 0.478 e. The molecule has 168 valence electrons. The number of hydrogen-bond donors (Lipinski definition) is 4. The van der Waals surface area contributed by atoms with Crippen molar-refractivity contribution in [1.82, 2.24) is 5.32 Å². The van der Waals surface area contributed by atoms with Crippen molar-refractivity contribution in [3.63, 3.8) is 0 Å². The van der Waals surface area contributed by atoms with Crippen molar-refractivity contribution < 1.29 is 24.9 Å². The minimum Gasteiger partial charge on any atom is -0.478 e. The van der Waals surface area contributed by atoms with Crippen molar-refractivity contribution in [3.05, 3.63) is 94.2 Å². The predicted molar refractivity (Wildman–Crippen MR) is 127 cm³/mol. The summed E-state index contributed by atoms with van der Waals surface area (Å²) in [7, 11) is 0. The molecule has 3 rings (SSSR count). The second kappa shape index (κ2) is 13.9. The van der Waals surface area contributed by atoms with Gasteiger partial charge in [-0.15, -0.1) is 11.3 Å². The number of aliphatic hydroxyl groups is 1. The maximum atomic E-state index is 9.60. The minimum absolute atomic E-state index is 0.0763. The maximum Gasteiger partial charge on any atom is 0.328 e. The minimum atomic E-state index is -1.26. The van der Waals surface area contributed by atoms with E-state index in [9.17, 15) is 14.7 Å². The summed E-state index contributed by atoms with van der Waals surface area (Å²) in [6.45, 7) is 2.04. The zero-order valence-corrected chi connectivity index (χ0v) is 18.4. The van der Waals surface area contributed by atoms with Crippen molar-refractivity contribution >= 4 is 23.3 Å². The van der Waals surface area contributed by atoms with Crippen LogP contribution < -0.4 is 5.32 Å². The first-order valence-electron chi connectivity index (χ1n) is 10.2. The average Bonchev–Trinajstić information content (AvgIpc) is 3.32. The van der Waals surface area contributed by atoms with Crippen LogP contribution in [0.4, 0.5) is 0 Å². The Bertz CT molecular complexity index is 999. The smallest absolute Gasteiger partial charge is 0.328 e. The first kappa shape index (κ1) is 25.0. The SMILES string of the molecule is O=C(O)/C=C/C(=O)O.OCc1ccccc1-c1ccccc1CCCNCc1cccs1. The van der Waals surface area contributed by atoms with Gasteiger partial charge in [-0.05, 0) is 53.1 Å². The number of benzene rings is 2. The van der Waals surface area contributed by atoms with Crippen molar-refractivity contribution in [2.24, 2.45) is 0 Å². The van der Waals surface area contributed by atoms with Crippen LogP contribution in [0, 0.1) is 0 Å². The molecule has 0 saturated heterocycles. The van der Waals surface area contributed by atoms with Crippen LogP contribution in [0.2, 0.25) is 0 Å². The number of nitrogens with one attached hydrogen (secondary N) is 1. The van der Waals surface area contributed by atoms with Crippen molar-refractivity contribution in [1.29, 1.82) is 0 Å². The number of aliphatic hydroxyl groups excluding tert-OH is 1. The topological polar surface area (TPSA) is 107 Å². The van der Waals surface area contributed by atoms with E-state index in [-0.39, 0.29) is 6.61 Å². The average molecular weight is 454 g/mol. The summed E-state index contributed by atoms with van der Waals surface area (Å²) >= 11 is 1.79. The summed E-state index contributed by atoms with van der Waals surface area (Å²) in [5, 5.41) is 30.8. The Labute approximate surface area is 191 Å². The molecule has 0 spiro atoms. The van der Waals surface area contributed by atoms with Crippen LogP contribution in [0.25, 0.3) is 11.1 Å². The van der Waals surface area contributed by atoms with Gasteiger partial charge in [-0.3, -0.25) is 0 Å². The Kier molecular flexibility index (Phi) is 10.9. The van der Waals surface area contributed by atoms with Gasteiger partial charge in [-0.25, -0.2) is 9.59 Å². The van der Waals surface area contributed by atoms with Crippen LogP contribution in [0.5, 0.6) is 0 Å². The number of aliphatic carboxylic acids is 2. The van der Waals surface area contributed by atoms with Gasteiger partial charge in [-0.1, -0.05) is 54.6 Å². The molecule has 0 atom stereocenters. The molecule has 3 aromatic rings. The maximum absolute atomic E-state index is 9.60. The van der Waals surface area contributed by atoms with Crippen LogP contribution >= 0.6 is 11.3 Å². The third-order valence-electron chi connectivity index (χ3n) is 4.54. The Morgan fingerprint density at radius 3 is 2.00 bits per heavy atom. The van der Waals surface area contributed by atoms with Gasteiger partial charge in [0.2, 0.25) is 0 Å². The van der Waals surface area contributed by atoms with Gasteiger partial charge in [-0.2, -0.15) is 0 Å². The molecular formula is C25H27NO5S. The molecular weight excluding hydrogens is 426 g/mol. The van der Waals surface area contributed by atoms with E-state index in [1.807, 2.05) is 18.2 Å². The molecule has 0 radical (unpaired) electrons. The van der Waals surface area contributed by atoms with Gasteiger partial charge in [0.15, 0.2) is 0 Å². The van der Waals surface area contributed by atoms with Crippen molar-refractivity contribution in [2.75, 3.05) is 6.54 Å². The fourth-order valence-electron chi connectivity index (χ4n) is 3.09. The molecule has 0 unspecified atom stereocenters. The first-order valence-corrected chi connectivity index (χ1v) is 11.0. The van der Waals surface area contributed by atoms with Gasteiger partial charge in [0.1, 0.15) is 0 Å². The van der Waals surface area contributed by atoms with Crippen LogP contribution in [-0.4, -0.2) is 33.8 Å². The highest BCUT2D eigenvalue weighted by Crippen LogP contribution is 2.28. The zero-order valence-electron chi connectivity index (χ0n) is 17.6. The van der Waals surface area contributed by atoms with E-state index in [1.54, 1.807) is 11.3 Å². The summed E-state index contributed by atoms with van der Waals surface area (Å²) in [5.74, 6) is -2.51.